The lowest BCUT2D eigenvalue weighted by Gasteiger charge is -2.21. The first-order valence-corrected chi connectivity index (χ1v) is 6.41. The largest absolute Gasteiger partial charge is 0.330 e. The van der Waals surface area contributed by atoms with Crippen LogP contribution in [0, 0.1) is 11.8 Å². The lowest BCUT2D eigenvalue weighted by atomic mass is 9.86. The van der Waals surface area contributed by atoms with Crippen LogP contribution in [0.15, 0.2) is 28.7 Å². The van der Waals surface area contributed by atoms with Crippen LogP contribution in [0.2, 0.25) is 0 Å². The molecule has 2 heteroatoms. The van der Waals surface area contributed by atoms with Gasteiger partial charge in [-0.25, -0.2) is 0 Å². The van der Waals surface area contributed by atoms with Crippen LogP contribution in [0.25, 0.3) is 0 Å². The van der Waals surface area contributed by atoms with E-state index in [4.69, 9.17) is 5.73 Å². The zero-order valence-electron chi connectivity index (χ0n) is 9.54. The van der Waals surface area contributed by atoms with Gasteiger partial charge in [0, 0.05) is 4.47 Å². The number of halogens is 1. The monoisotopic (exact) mass is 269 g/mol. The fourth-order valence-corrected chi connectivity index (χ4v) is 2.26. The average molecular weight is 270 g/mol. The predicted octanol–water partition coefficient (Wildman–Crippen LogP) is 3.61. The summed E-state index contributed by atoms with van der Waals surface area (Å²) < 4.78 is 1.15. The summed E-state index contributed by atoms with van der Waals surface area (Å²) in [6.45, 7) is 5.30. The van der Waals surface area contributed by atoms with E-state index in [1.807, 2.05) is 0 Å². The molecule has 0 heterocycles. The van der Waals surface area contributed by atoms with E-state index in [-0.39, 0.29) is 0 Å². The number of hydrogen-bond donors (Lipinski definition) is 1. The molecule has 1 nitrogen and oxygen atoms in total. The van der Waals surface area contributed by atoms with Crippen molar-refractivity contribution >= 4 is 15.9 Å². The van der Waals surface area contributed by atoms with E-state index in [0.29, 0.717) is 11.8 Å². The maximum absolute atomic E-state index is 5.82. The quantitative estimate of drug-likeness (QED) is 0.869. The minimum absolute atomic E-state index is 0.601. The summed E-state index contributed by atoms with van der Waals surface area (Å²) in [6, 6.07) is 8.51. The molecular formula is C13H20BrN. The Hall–Kier alpha value is -0.340. The van der Waals surface area contributed by atoms with Gasteiger partial charge in [0.05, 0.1) is 0 Å². The van der Waals surface area contributed by atoms with E-state index in [0.717, 1.165) is 17.4 Å². The number of nitrogens with two attached hydrogens (primary N) is 1. The first-order valence-electron chi connectivity index (χ1n) is 5.61. The van der Waals surface area contributed by atoms with Crippen LogP contribution in [0.1, 0.15) is 25.8 Å². The van der Waals surface area contributed by atoms with Gasteiger partial charge >= 0.3 is 0 Å². The highest BCUT2D eigenvalue weighted by atomic mass is 79.9. The molecule has 0 aliphatic carbocycles. The summed E-state index contributed by atoms with van der Waals surface area (Å²) in [4.78, 5) is 0. The Morgan fingerprint density at radius 2 is 2.13 bits per heavy atom. The van der Waals surface area contributed by atoms with Crippen molar-refractivity contribution in [2.24, 2.45) is 17.6 Å². The zero-order valence-corrected chi connectivity index (χ0v) is 11.1. The van der Waals surface area contributed by atoms with Gasteiger partial charge in [-0.1, -0.05) is 48.3 Å². The van der Waals surface area contributed by atoms with Gasteiger partial charge in [0.2, 0.25) is 0 Å². The average Bonchev–Trinajstić information content (AvgIpc) is 2.25. The standard InChI is InChI=1S/C13H20BrN/c1-3-10(2)12(9-15)7-11-5-4-6-13(14)8-11/h4-6,8,10,12H,3,7,9,15H2,1-2H3. The molecule has 0 aliphatic heterocycles. The fourth-order valence-electron chi connectivity index (χ4n) is 1.82. The SMILES string of the molecule is CCC(C)C(CN)Cc1cccc(Br)c1. The number of rotatable bonds is 5. The van der Waals surface area contributed by atoms with E-state index in [1.54, 1.807) is 0 Å². The second-order valence-corrected chi connectivity index (χ2v) is 5.13. The Bertz CT molecular complexity index is 298. The van der Waals surface area contributed by atoms with Gasteiger partial charge in [0.1, 0.15) is 0 Å². The van der Waals surface area contributed by atoms with Crippen LogP contribution < -0.4 is 5.73 Å². The molecule has 1 aromatic carbocycles. The van der Waals surface area contributed by atoms with E-state index in [1.165, 1.54) is 12.0 Å². The Balaban J connectivity index is 2.66. The van der Waals surface area contributed by atoms with Crippen molar-refractivity contribution in [2.75, 3.05) is 6.54 Å². The van der Waals surface area contributed by atoms with Crippen LogP contribution in [0.4, 0.5) is 0 Å². The third-order valence-corrected chi connectivity index (χ3v) is 3.63. The smallest absolute Gasteiger partial charge is 0.0177 e. The topological polar surface area (TPSA) is 26.0 Å². The molecule has 0 aromatic heterocycles. The molecule has 0 saturated heterocycles. The summed E-state index contributed by atoms with van der Waals surface area (Å²) in [5, 5.41) is 0. The van der Waals surface area contributed by atoms with Crippen molar-refractivity contribution in [3.8, 4) is 0 Å². The van der Waals surface area contributed by atoms with Crippen molar-refractivity contribution in [3.63, 3.8) is 0 Å². The van der Waals surface area contributed by atoms with Gasteiger partial charge in [-0.2, -0.15) is 0 Å². The molecule has 2 unspecified atom stereocenters. The molecule has 0 saturated carbocycles. The second kappa shape index (κ2) is 6.29. The van der Waals surface area contributed by atoms with Gasteiger partial charge < -0.3 is 5.73 Å². The van der Waals surface area contributed by atoms with Gasteiger partial charge in [-0.3, -0.25) is 0 Å². The number of benzene rings is 1. The minimum atomic E-state index is 0.601. The summed E-state index contributed by atoms with van der Waals surface area (Å²) in [6.07, 6.45) is 2.29. The third kappa shape index (κ3) is 3.96. The summed E-state index contributed by atoms with van der Waals surface area (Å²) >= 11 is 3.50. The normalized spacial score (nSPS) is 14.9. The Morgan fingerprint density at radius 3 is 2.67 bits per heavy atom. The van der Waals surface area contributed by atoms with Crippen LogP contribution >= 0.6 is 15.9 Å². The molecule has 1 aromatic rings. The van der Waals surface area contributed by atoms with Gasteiger partial charge in [-0.05, 0) is 42.5 Å². The maximum atomic E-state index is 5.82. The molecule has 0 amide bonds. The van der Waals surface area contributed by atoms with Gasteiger partial charge in [0.25, 0.3) is 0 Å². The zero-order chi connectivity index (χ0) is 11.3. The Labute approximate surface area is 101 Å². The maximum Gasteiger partial charge on any atom is 0.0177 e. The van der Waals surface area contributed by atoms with Crippen molar-refractivity contribution in [3.05, 3.63) is 34.3 Å². The highest BCUT2D eigenvalue weighted by Crippen LogP contribution is 2.21. The van der Waals surface area contributed by atoms with Crippen molar-refractivity contribution in [1.82, 2.24) is 0 Å². The third-order valence-electron chi connectivity index (χ3n) is 3.14. The first kappa shape index (κ1) is 12.7. The van der Waals surface area contributed by atoms with E-state index < -0.39 is 0 Å². The van der Waals surface area contributed by atoms with E-state index in [9.17, 15) is 0 Å². The van der Waals surface area contributed by atoms with Crippen LogP contribution in [0.5, 0.6) is 0 Å². The first-order chi connectivity index (χ1) is 7.17. The van der Waals surface area contributed by atoms with Crippen LogP contribution in [-0.2, 0) is 6.42 Å². The molecule has 84 valence electrons. The molecule has 0 spiro atoms. The molecule has 0 aliphatic rings. The lowest BCUT2D eigenvalue weighted by molar-refractivity contribution is 0.354. The Kier molecular flexibility index (Phi) is 5.34. The molecule has 0 fully saturated rings. The molecule has 2 atom stereocenters. The predicted molar refractivity (Wildman–Crippen MR) is 69.8 cm³/mol. The van der Waals surface area contributed by atoms with Gasteiger partial charge in [0.15, 0.2) is 0 Å². The molecule has 0 bridgehead atoms. The van der Waals surface area contributed by atoms with Crippen molar-refractivity contribution < 1.29 is 0 Å². The van der Waals surface area contributed by atoms with Crippen molar-refractivity contribution in [1.29, 1.82) is 0 Å². The second-order valence-electron chi connectivity index (χ2n) is 4.22. The highest BCUT2D eigenvalue weighted by Gasteiger charge is 2.14. The van der Waals surface area contributed by atoms with E-state index >= 15 is 0 Å². The molecule has 2 N–H and O–H groups in total. The molecule has 1 rings (SSSR count). The Morgan fingerprint density at radius 1 is 1.40 bits per heavy atom. The summed E-state index contributed by atoms with van der Waals surface area (Å²) in [5.74, 6) is 1.30. The molecule has 0 radical (unpaired) electrons. The fraction of sp³-hybridized carbons (Fsp3) is 0.538. The highest BCUT2D eigenvalue weighted by molar-refractivity contribution is 9.10. The van der Waals surface area contributed by atoms with Crippen LogP contribution in [0.3, 0.4) is 0 Å². The van der Waals surface area contributed by atoms with E-state index in [2.05, 4.69) is 54.0 Å². The molecular weight excluding hydrogens is 250 g/mol. The van der Waals surface area contributed by atoms with Crippen molar-refractivity contribution in [2.45, 2.75) is 26.7 Å². The minimum Gasteiger partial charge on any atom is -0.330 e. The van der Waals surface area contributed by atoms with Gasteiger partial charge in [-0.15, -0.1) is 0 Å². The lowest BCUT2D eigenvalue weighted by Crippen LogP contribution is -2.23. The summed E-state index contributed by atoms with van der Waals surface area (Å²) in [5.41, 5.74) is 7.20. The summed E-state index contributed by atoms with van der Waals surface area (Å²) in [7, 11) is 0. The number of hydrogen-bond acceptors (Lipinski definition) is 1. The molecule has 15 heavy (non-hydrogen) atoms. The van der Waals surface area contributed by atoms with Crippen LogP contribution in [-0.4, -0.2) is 6.54 Å².